The Morgan fingerprint density at radius 1 is 1.04 bits per heavy atom. The van der Waals surface area contributed by atoms with E-state index in [1.807, 2.05) is 13.8 Å². The second-order valence-electron chi connectivity index (χ2n) is 7.34. The van der Waals surface area contributed by atoms with Gasteiger partial charge in [-0.25, -0.2) is 0 Å². The SMILES string of the molecule is C1CCOC1.CC(C)[C@@H]1NC(=O)CNC1=O.CC(C)[C@H]1CNCCN1.[AlH3].[H-].[Li+]. The quantitative estimate of drug-likeness (QED) is 0.361. The van der Waals surface area contributed by atoms with Crippen LogP contribution in [0.15, 0.2) is 0 Å². The molecule has 4 N–H and O–H groups in total. The molecular weight excluding hydrogens is 354 g/mol. The Labute approximate surface area is 188 Å². The first-order chi connectivity index (χ1) is 11.9. The average Bonchev–Trinajstić information content (AvgIpc) is 3.18. The first-order valence-electron chi connectivity index (χ1n) is 9.50. The van der Waals surface area contributed by atoms with Crippen LogP contribution in [0, 0.1) is 11.8 Å². The summed E-state index contributed by atoms with van der Waals surface area (Å²) in [6, 6.07) is 0.343. The van der Waals surface area contributed by atoms with Gasteiger partial charge in [0.2, 0.25) is 11.8 Å². The van der Waals surface area contributed by atoms with Gasteiger partial charge in [-0.3, -0.25) is 9.59 Å². The summed E-state index contributed by atoms with van der Waals surface area (Å²) >= 11 is 0. The molecule has 0 aliphatic carbocycles. The molecule has 7 nitrogen and oxygen atoms in total. The summed E-state index contributed by atoms with van der Waals surface area (Å²) in [6.07, 6.45) is 2.56. The Hall–Kier alpha value is -0.0501. The molecule has 3 fully saturated rings. The van der Waals surface area contributed by atoms with E-state index < -0.39 is 0 Å². The predicted molar refractivity (Wildman–Crippen MR) is 110 cm³/mol. The minimum Gasteiger partial charge on any atom is -1.00 e. The Kier molecular flexibility index (Phi) is 18.2. The van der Waals surface area contributed by atoms with Gasteiger partial charge in [0.25, 0.3) is 0 Å². The Balaban J connectivity index is -0.000000335. The zero-order chi connectivity index (χ0) is 18.7. The van der Waals surface area contributed by atoms with Gasteiger partial charge in [-0.2, -0.15) is 0 Å². The summed E-state index contributed by atoms with van der Waals surface area (Å²) < 4.78 is 4.94. The third-order valence-electron chi connectivity index (χ3n) is 4.39. The fraction of sp³-hybridized carbons (Fsp3) is 0.889. The molecule has 2 atom stereocenters. The minimum atomic E-state index is -0.351. The fourth-order valence-electron chi connectivity index (χ4n) is 2.69. The monoisotopic (exact) mass is 394 g/mol. The molecule has 0 saturated carbocycles. The van der Waals surface area contributed by atoms with E-state index in [-0.39, 0.29) is 68.0 Å². The number of hydrogen-bond donors (Lipinski definition) is 4. The molecule has 3 heterocycles. The molecule has 9 heteroatoms. The average molecular weight is 394 g/mol. The maximum absolute atomic E-state index is 11.1. The molecule has 0 aromatic rings. The van der Waals surface area contributed by atoms with Crippen molar-refractivity contribution in [1.29, 1.82) is 0 Å². The molecule has 0 radical (unpaired) electrons. The van der Waals surface area contributed by atoms with Gasteiger partial charge >= 0.3 is 18.9 Å². The first-order valence-corrected chi connectivity index (χ1v) is 9.50. The molecule has 3 aliphatic rings. The number of nitrogens with one attached hydrogen (secondary N) is 4. The molecule has 0 aromatic heterocycles. The van der Waals surface area contributed by atoms with E-state index in [2.05, 4.69) is 35.1 Å². The van der Waals surface area contributed by atoms with Crippen molar-refractivity contribution < 1.29 is 34.6 Å². The third-order valence-corrected chi connectivity index (χ3v) is 4.39. The van der Waals surface area contributed by atoms with Crippen molar-refractivity contribution in [2.24, 2.45) is 11.8 Å². The number of rotatable bonds is 2. The van der Waals surface area contributed by atoms with E-state index in [9.17, 15) is 9.59 Å². The molecule has 0 aromatic carbocycles. The van der Waals surface area contributed by atoms with Gasteiger partial charge in [-0.1, -0.05) is 27.7 Å². The smallest absolute Gasteiger partial charge is 1.00 e. The standard InChI is InChI=1S/C7H12N2O2.C7H16N2.C4H8O.Al.Li.4H/c1-4(2)6-7(11)8-3-5(10)9-6;1-6(2)7-5-8-3-4-9-7;1-2-4-5-3-1;;;;;;/h4,6H,3H2,1-2H3,(H,8,11)(H,9,10);6-9H,3-5H2,1-2H3;1-4H2;;;;;;/q;;;;+1;;;;-1/t6-;7-;;;;;;;/m01......./s1. The number of carbonyl (C=O) groups excluding carboxylic acids is 2. The summed E-state index contributed by atoms with van der Waals surface area (Å²) in [7, 11) is 0. The maximum atomic E-state index is 11.1. The number of piperazine rings is 2. The van der Waals surface area contributed by atoms with Gasteiger partial charge in [0.05, 0.1) is 6.54 Å². The minimum absolute atomic E-state index is 0. The summed E-state index contributed by atoms with van der Waals surface area (Å²) in [5.41, 5.74) is 0. The fourth-order valence-corrected chi connectivity index (χ4v) is 2.69. The van der Waals surface area contributed by atoms with Crippen molar-refractivity contribution in [3.05, 3.63) is 0 Å². The van der Waals surface area contributed by atoms with Crippen LogP contribution in [0.25, 0.3) is 0 Å². The van der Waals surface area contributed by atoms with Crippen LogP contribution in [0.4, 0.5) is 0 Å². The Morgan fingerprint density at radius 3 is 2.00 bits per heavy atom. The van der Waals surface area contributed by atoms with E-state index >= 15 is 0 Å². The van der Waals surface area contributed by atoms with E-state index in [1.54, 1.807) is 0 Å². The molecule has 3 aliphatic heterocycles. The number of carbonyl (C=O) groups is 2. The summed E-state index contributed by atoms with van der Waals surface area (Å²) in [6.45, 7) is 13.8. The number of amides is 2. The molecule has 27 heavy (non-hydrogen) atoms. The van der Waals surface area contributed by atoms with Gasteiger partial charge in [0.1, 0.15) is 6.04 Å². The van der Waals surface area contributed by atoms with Crippen LogP contribution in [0.1, 0.15) is 42.0 Å². The van der Waals surface area contributed by atoms with Crippen molar-refractivity contribution in [2.45, 2.75) is 52.6 Å². The van der Waals surface area contributed by atoms with Crippen LogP contribution in [0.3, 0.4) is 0 Å². The molecule has 0 unspecified atom stereocenters. The van der Waals surface area contributed by atoms with E-state index in [0.717, 1.165) is 38.8 Å². The van der Waals surface area contributed by atoms with Crippen molar-refractivity contribution >= 4 is 29.2 Å². The van der Waals surface area contributed by atoms with Crippen LogP contribution in [-0.4, -0.2) is 80.7 Å². The maximum Gasteiger partial charge on any atom is 1.00 e. The molecule has 3 saturated heterocycles. The second kappa shape index (κ2) is 16.9. The van der Waals surface area contributed by atoms with Crippen LogP contribution in [-0.2, 0) is 14.3 Å². The Morgan fingerprint density at radius 2 is 1.67 bits per heavy atom. The normalized spacial score (nSPS) is 24.2. The summed E-state index contributed by atoms with van der Waals surface area (Å²) in [5.74, 6) is 0.722. The van der Waals surface area contributed by atoms with Gasteiger partial charge in [0, 0.05) is 38.9 Å². The van der Waals surface area contributed by atoms with E-state index in [1.165, 1.54) is 12.8 Å². The molecular formula is C18H40AlLiN4O3. The second-order valence-corrected chi connectivity index (χ2v) is 7.34. The van der Waals surface area contributed by atoms with Gasteiger partial charge in [-0.05, 0) is 24.7 Å². The molecule has 2 amide bonds. The molecule has 154 valence electrons. The molecule has 3 rings (SSSR count). The van der Waals surface area contributed by atoms with Crippen LogP contribution < -0.4 is 40.1 Å². The van der Waals surface area contributed by atoms with Gasteiger partial charge in [-0.15, -0.1) is 0 Å². The third kappa shape index (κ3) is 12.9. The van der Waals surface area contributed by atoms with Crippen LogP contribution in [0.2, 0.25) is 0 Å². The summed E-state index contributed by atoms with van der Waals surface area (Å²) in [4.78, 5) is 21.9. The van der Waals surface area contributed by atoms with E-state index in [0.29, 0.717) is 6.04 Å². The topological polar surface area (TPSA) is 91.5 Å². The van der Waals surface area contributed by atoms with Crippen molar-refractivity contribution in [1.82, 2.24) is 21.3 Å². The zero-order valence-electron chi connectivity index (χ0n) is 18.2. The van der Waals surface area contributed by atoms with Crippen LogP contribution >= 0.6 is 0 Å². The summed E-state index contributed by atoms with van der Waals surface area (Å²) in [5, 5.41) is 11.9. The van der Waals surface area contributed by atoms with Gasteiger partial charge in [0.15, 0.2) is 17.4 Å². The molecule has 0 spiro atoms. The van der Waals surface area contributed by atoms with Crippen molar-refractivity contribution in [3.63, 3.8) is 0 Å². The van der Waals surface area contributed by atoms with Crippen molar-refractivity contribution in [3.8, 4) is 0 Å². The predicted octanol–water partition coefficient (Wildman–Crippen LogP) is -3.81. The van der Waals surface area contributed by atoms with Gasteiger partial charge < -0.3 is 27.4 Å². The van der Waals surface area contributed by atoms with E-state index in [4.69, 9.17) is 4.74 Å². The Bertz CT molecular complexity index is 403. The van der Waals surface area contributed by atoms with Crippen LogP contribution in [0.5, 0.6) is 0 Å². The number of hydrogen-bond acceptors (Lipinski definition) is 5. The largest absolute Gasteiger partial charge is 1.00 e. The zero-order valence-corrected chi connectivity index (χ0v) is 17.2. The molecule has 0 bridgehead atoms. The first kappa shape index (κ1) is 29.2. The number of ether oxygens (including phenoxy) is 1. The van der Waals surface area contributed by atoms with Crippen molar-refractivity contribution in [2.75, 3.05) is 39.4 Å².